The number of carbonyl (C=O) groups excluding carboxylic acids is 2. The summed E-state index contributed by atoms with van der Waals surface area (Å²) in [6.45, 7) is 4.08. The van der Waals surface area contributed by atoms with Crippen molar-refractivity contribution in [2.75, 3.05) is 11.9 Å². The van der Waals surface area contributed by atoms with Gasteiger partial charge < -0.3 is 10.1 Å². The summed E-state index contributed by atoms with van der Waals surface area (Å²) < 4.78 is 5.30. The Bertz CT molecular complexity index is 807. The van der Waals surface area contributed by atoms with Crippen LogP contribution in [0.1, 0.15) is 67.1 Å². The standard InChI is InChI=1S/C23H29NO3S/c1-3-27-23(26)21-20(18-12-8-5-9-13-18)16(2)28-22(21)24-19(25)15-14-17-10-6-4-7-11-17/h5,8-9,12-13,17H,3-4,6-7,10-11,14-15H2,1-2H3,(H,24,25). The van der Waals surface area contributed by atoms with Crippen molar-refractivity contribution >= 4 is 28.2 Å². The van der Waals surface area contributed by atoms with E-state index >= 15 is 0 Å². The van der Waals surface area contributed by atoms with Gasteiger partial charge in [0.15, 0.2) is 0 Å². The smallest absolute Gasteiger partial charge is 0.341 e. The third-order valence-corrected chi connectivity index (χ3v) is 6.40. The monoisotopic (exact) mass is 399 g/mol. The number of benzene rings is 1. The molecule has 2 aromatic rings. The number of nitrogens with one attached hydrogen (secondary N) is 1. The van der Waals surface area contributed by atoms with Gasteiger partial charge in [0.05, 0.1) is 6.61 Å². The molecule has 0 spiro atoms. The first kappa shape index (κ1) is 20.6. The van der Waals surface area contributed by atoms with Crippen molar-refractivity contribution in [2.45, 2.75) is 58.8 Å². The van der Waals surface area contributed by atoms with Gasteiger partial charge in [-0.25, -0.2) is 4.79 Å². The highest BCUT2D eigenvalue weighted by Gasteiger charge is 2.25. The fourth-order valence-electron chi connectivity index (χ4n) is 3.98. The van der Waals surface area contributed by atoms with Crippen molar-refractivity contribution in [1.29, 1.82) is 0 Å². The van der Waals surface area contributed by atoms with Gasteiger partial charge in [-0.05, 0) is 31.7 Å². The number of anilines is 1. The molecule has 28 heavy (non-hydrogen) atoms. The van der Waals surface area contributed by atoms with Gasteiger partial charge in [0, 0.05) is 16.9 Å². The van der Waals surface area contributed by atoms with Gasteiger partial charge >= 0.3 is 5.97 Å². The van der Waals surface area contributed by atoms with Crippen LogP contribution in [0, 0.1) is 12.8 Å². The van der Waals surface area contributed by atoms with Crippen LogP contribution < -0.4 is 5.32 Å². The highest BCUT2D eigenvalue weighted by Crippen LogP contribution is 2.40. The Morgan fingerprint density at radius 2 is 1.86 bits per heavy atom. The SMILES string of the molecule is CCOC(=O)c1c(NC(=O)CCC2CCCCC2)sc(C)c1-c1ccccc1. The topological polar surface area (TPSA) is 55.4 Å². The molecule has 1 fully saturated rings. The number of hydrogen-bond donors (Lipinski definition) is 1. The molecule has 1 saturated carbocycles. The Balaban J connectivity index is 1.79. The Morgan fingerprint density at radius 3 is 2.54 bits per heavy atom. The van der Waals surface area contributed by atoms with Crippen LogP contribution in [0.15, 0.2) is 30.3 Å². The number of aryl methyl sites for hydroxylation is 1. The van der Waals surface area contributed by atoms with Crippen LogP contribution in [0.4, 0.5) is 5.00 Å². The van der Waals surface area contributed by atoms with Gasteiger partial charge in [0.25, 0.3) is 0 Å². The quantitative estimate of drug-likeness (QED) is 0.564. The highest BCUT2D eigenvalue weighted by molar-refractivity contribution is 7.17. The number of hydrogen-bond acceptors (Lipinski definition) is 4. The Kier molecular flexibility index (Phi) is 7.26. The van der Waals surface area contributed by atoms with Crippen molar-refractivity contribution in [2.24, 2.45) is 5.92 Å². The molecule has 0 atom stereocenters. The number of thiophene rings is 1. The van der Waals surface area contributed by atoms with Crippen LogP contribution >= 0.6 is 11.3 Å². The van der Waals surface area contributed by atoms with E-state index < -0.39 is 0 Å². The third-order valence-electron chi connectivity index (χ3n) is 5.38. The van der Waals surface area contributed by atoms with E-state index in [1.807, 2.05) is 37.3 Å². The predicted octanol–water partition coefficient (Wildman–Crippen LogP) is 6.20. The molecule has 0 radical (unpaired) electrons. The second-order valence-electron chi connectivity index (χ2n) is 7.41. The molecule has 0 saturated heterocycles. The first-order valence-corrected chi connectivity index (χ1v) is 11.1. The van der Waals surface area contributed by atoms with Gasteiger partial charge in [-0.2, -0.15) is 0 Å². The van der Waals surface area contributed by atoms with Gasteiger partial charge in [-0.3, -0.25) is 4.79 Å². The molecule has 1 amide bonds. The maximum Gasteiger partial charge on any atom is 0.341 e. The van der Waals surface area contributed by atoms with Gasteiger partial charge in [0.2, 0.25) is 5.91 Å². The third kappa shape index (κ3) is 5.02. The van der Waals surface area contributed by atoms with E-state index in [4.69, 9.17) is 4.74 Å². The van der Waals surface area contributed by atoms with E-state index in [0.29, 0.717) is 29.5 Å². The average Bonchev–Trinajstić information content (AvgIpc) is 3.03. The molecule has 4 nitrogen and oxygen atoms in total. The lowest BCUT2D eigenvalue weighted by molar-refractivity contribution is -0.116. The summed E-state index contributed by atoms with van der Waals surface area (Å²) in [5.41, 5.74) is 2.29. The highest BCUT2D eigenvalue weighted by atomic mass is 32.1. The maximum absolute atomic E-state index is 12.7. The normalized spacial score (nSPS) is 14.6. The van der Waals surface area contributed by atoms with Crippen molar-refractivity contribution in [3.05, 3.63) is 40.8 Å². The molecule has 1 aromatic carbocycles. The molecule has 5 heteroatoms. The van der Waals surface area contributed by atoms with Crippen LogP contribution in [-0.2, 0) is 9.53 Å². The first-order valence-electron chi connectivity index (χ1n) is 10.3. The lowest BCUT2D eigenvalue weighted by Crippen LogP contribution is -2.16. The maximum atomic E-state index is 12.7. The summed E-state index contributed by atoms with van der Waals surface area (Å²) >= 11 is 1.45. The summed E-state index contributed by atoms with van der Waals surface area (Å²) in [5, 5.41) is 3.60. The van der Waals surface area contributed by atoms with Gasteiger partial charge in [-0.1, -0.05) is 62.4 Å². The number of esters is 1. The summed E-state index contributed by atoms with van der Waals surface area (Å²) in [6.07, 6.45) is 7.78. The molecular weight excluding hydrogens is 370 g/mol. The summed E-state index contributed by atoms with van der Waals surface area (Å²) in [7, 11) is 0. The van der Waals surface area contributed by atoms with E-state index in [1.54, 1.807) is 6.92 Å². The van der Waals surface area contributed by atoms with Crippen LogP contribution in [0.3, 0.4) is 0 Å². The van der Waals surface area contributed by atoms with Crippen molar-refractivity contribution < 1.29 is 14.3 Å². The molecule has 1 N–H and O–H groups in total. The second-order valence-corrected chi connectivity index (χ2v) is 8.64. The Labute approximate surface area is 171 Å². The van der Waals surface area contributed by atoms with E-state index in [1.165, 1.54) is 43.4 Å². The first-order chi connectivity index (χ1) is 13.6. The van der Waals surface area contributed by atoms with E-state index in [-0.39, 0.29) is 11.9 Å². The molecule has 0 bridgehead atoms. The molecule has 0 unspecified atom stereocenters. The van der Waals surface area contributed by atoms with Crippen LogP contribution in [0.25, 0.3) is 11.1 Å². The summed E-state index contributed by atoms with van der Waals surface area (Å²) in [6, 6.07) is 9.80. The Hall–Kier alpha value is -2.14. The van der Waals surface area contributed by atoms with Crippen molar-refractivity contribution in [3.8, 4) is 11.1 Å². The Morgan fingerprint density at radius 1 is 1.14 bits per heavy atom. The second kappa shape index (κ2) is 9.87. The lowest BCUT2D eigenvalue weighted by Gasteiger charge is -2.20. The molecule has 3 rings (SSSR count). The number of rotatable bonds is 7. The lowest BCUT2D eigenvalue weighted by atomic mass is 9.86. The van der Waals surface area contributed by atoms with Gasteiger partial charge in [-0.15, -0.1) is 11.3 Å². The predicted molar refractivity (Wildman–Crippen MR) is 115 cm³/mol. The van der Waals surface area contributed by atoms with Crippen LogP contribution in [0.2, 0.25) is 0 Å². The van der Waals surface area contributed by atoms with Crippen LogP contribution in [0.5, 0.6) is 0 Å². The molecule has 150 valence electrons. The zero-order chi connectivity index (χ0) is 19.9. The minimum atomic E-state index is -0.381. The molecular formula is C23H29NO3S. The zero-order valence-electron chi connectivity index (χ0n) is 16.8. The van der Waals surface area contributed by atoms with E-state index in [9.17, 15) is 9.59 Å². The van der Waals surface area contributed by atoms with E-state index in [2.05, 4.69) is 5.32 Å². The zero-order valence-corrected chi connectivity index (χ0v) is 17.6. The fourth-order valence-corrected chi connectivity index (χ4v) is 5.06. The minimum Gasteiger partial charge on any atom is -0.462 e. The van der Waals surface area contributed by atoms with Crippen molar-refractivity contribution in [3.63, 3.8) is 0 Å². The average molecular weight is 400 g/mol. The van der Waals surface area contributed by atoms with Gasteiger partial charge in [0.1, 0.15) is 10.6 Å². The molecule has 0 aliphatic heterocycles. The van der Waals surface area contributed by atoms with Crippen molar-refractivity contribution in [1.82, 2.24) is 0 Å². The summed E-state index contributed by atoms with van der Waals surface area (Å²) in [4.78, 5) is 26.3. The minimum absolute atomic E-state index is 0.0167. The summed E-state index contributed by atoms with van der Waals surface area (Å²) in [5.74, 6) is 0.263. The molecule has 1 heterocycles. The largest absolute Gasteiger partial charge is 0.462 e. The molecule has 1 aliphatic carbocycles. The van der Waals surface area contributed by atoms with E-state index in [0.717, 1.165) is 22.4 Å². The molecule has 1 aliphatic rings. The fraction of sp³-hybridized carbons (Fsp3) is 0.478. The number of amides is 1. The number of carbonyl (C=O) groups is 2. The van der Waals surface area contributed by atoms with Crippen LogP contribution in [-0.4, -0.2) is 18.5 Å². The number of ether oxygens (including phenoxy) is 1. The molecule has 1 aromatic heterocycles.